The van der Waals surface area contributed by atoms with Crippen molar-refractivity contribution in [3.05, 3.63) is 65.0 Å². The summed E-state index contributed by atoms with van der Waals surface area (Å²) in [7, 11) is 0. The first-order valence-electron chi connectivity index (χ1n) is 12.5. The molecule has 0 radical (unpaired) electrons. The van der Waals surface area contributed by atoms with Gasteiger partial charge >= 0.3 is 0 Å². The molecule has 6 rings (SSSR count). The molecule has 176 valence electrons. The van der Waals surface area contributed by atoms with Gasteiger partial charge in [-0.25, -0.2) is 4.52 Å². The van der Waals surface area contributed by atoms with Crippen LogP contribution in [-0.2, 0) is 17.8 Å². The van der Waals surface area contributed by atoms with Gasteiger partial charge in [0.2, 0.25) is 0 Å². The van der Waals surface area contributed by atoms with Crippen molar-refractivity contribution in [2.75, 3.05) is 37.6 Å². The van der Waals surface area contributed by atoms with E-state index in [0.29, 0.717) is 11.6 Å². The van der Waals surface area contributed by atoms with E-state index in [0.717, 1.165) is 57.0 Å². The highest BCUT2D eigenvalue weighted by Crippen LogP contribution is 2.32. The summed E-state index contributed by atoms with van der Waals surface area (Å²) in [5, 5.41) is 17.2. The lowest BCUT2D eigenvalue weighted by Gasteiger charge is -2.39. The molecule has 0 aliphatic carbocycles. The number of hydrogen-bond donors (Lipinski definition) is 1. The van der Waals surface area contributed by atoms with E-state index in [1.54, 1.807) is 10.7 Å². The number of ether oxygens (including phenoxy) is 1. The van der Waals surface area contributed by atoms with Crippen LogP contribution in [0.15, 0.2) is 42.6 Å². The molecule has 0 unspecified atom stereocenters. The second kappa shape index (κ2) is 9.03. The largest absolute Gasteiger partial charge is 0.370 e. The molecular weight excluding hydrogens is 424 g/mol. The number of anilines is 1. The highest BCUT2D eigenvalue weighted by atomic mass is 16.5. The Balaban J connectivity index is 1.15. The molecule has 2 saturated heterocycles. The van der Waals surface area contributed by atoms with E-state index in [4.69, 9.17) is 4.74 Å². The third kappa shape index (κ3) is 4.07. The molecule has 0 saturated carbocycles. The first-order chi connectivity index (χ1) is 16.7. The lowest BCUT2D eigenvalue weighted by molar-refractivity contribution is -0.0329. The lowest BCUT2D eigenvalue weighted by atomic mass is 9.88. The molecule has 3 aliphatic heterocycles. The Kier molecular flexibility index (Phi) is 5.74. The van der Waals surface area contributed by atoms with E-state index < -0.39 is 0 Å². The van der Waals surface area contributed by atoms with Gasteiger partial charge in [0.05, 0.1) is 29.6 Å². The molecule has 2 aromatic heterocycles. The van der Waals surface area contributed by atoms with Crippen molar-refractivity contribution < 1.29 is 4.74 Å². The van der Waals surface area contributed by atoms with Gasteiger partial charge in [-0.15, -0.1) is 0 Å². The summed E-state index contributed by atoms with van der Waals surface area (Å²) in [6.07, 6.45) is 4.53. The standard InChI is InChI=1S/C27H32N6O/c1-19-14-32(26-5-4-24(13-28)33-27(26)8-11-30-33)18-25(34-19)17-31-15-22-3-2-21(12-23(22)16-31)20-6-9-29-10-7-20/h2-5,8,11-12,19-20,25,29H,6-7,9-10,14-18H2,1H3/t19-,25+/m1/s1. The van der Waals surface area contributed by atoms with E-state index in [9.17, 15) is 5.26 Å². The average Bonchev–Trinajstić information content (AvgIpc) is 3.50. The van der Waals surface area contributed by atoms with Crippen LogP contribution >= 0.6 is 0 Å². The van der Waals surface area contributed by atoms with Crippen molar-refractivity contribution in [1.29, 1.82) is 5.26 Å². The second-order valence-corrected chi connectivity index (χ2v) is 10.0. The molecule has 5 heterocycles. The van der Waals surface area contributed by atoms with E-state index >= 15 is 0 Å². The number of nitriles is 1. The van der Waals surface area contributed by atoms with E-state index in [2.05, 4.69) is 57.5 Å². The number of hydrogen-bond acceptors (Lipinski definition) is 6. The number of benzene rings is 1. The number of rotatable bonds is 4. The summed E-state index contributed by atoms with van der Waals surface area (Å²) in [6.45, 7) is 9.02. The van der Waals surface area contributed by atoms with Crippen molar-refractivity contribution >= 4 is 11.2 Å². The summed E-state index contributed by atoms with van der Waals surface area (Å²) >= 11 is 0. The molecule has 34 heavy (non-hydrogen) atoms. The molecular formula is C27H32N6O. The van der Waals surface area contributed by atoms with Crippen molar-refractivity contribution in [2.45, 2.75) is 51.0 Å². The Morgan fingerprint density at radius 3 is 2.79 bits per heavy atom. The highest BCUT2D eigenvalue weighted by molar-refractivity contribution is 5.74. The predicted octanol–water partition coefficient (Wildman–Crippen LogP) is 3.28. The van der Waals surface area contributed by atoms with Crippen molar-refractivity contribution in [3.63, 3.8) is 0 Å². The Morgan fingerprint density at radius 1 is 1.09 bits per heavy atom. The van der Waals surface area contributed by atoms with Gasteiger partial charge in [0.25, 0.3) is 0 Å². The maximum Gasteiger partial charge on any atom is 0.142 e. The minimum Gasteiger partial charge on any atom is -0.370 e. The summed E-state index contributed by atoms with van der Waals surface area (Å²) in [5.74, 6) is 0.699. The zero-order valence-corrected chi connectivity index (χ0v) is 19.8. The van der Waals surface area contributed by atoms with Gasteiger partial charge in [0.15, 0.2) is 0 Å². The van der Waals surface area contributed by atoms with Crippen LogP contribution < -0.4 is 10.2 Å². The van der Waals surface area contributed by atoms with Gasteiger partial charge in [-0.05, 0) is 73.7 Å². The number of nitrogens with zero attached hydrogens (tertiary/aromatic N) is 5. The molecule has 0 bridgehead atoms. The Bertz CT molecular complexity index is 1220. The zero-order chi connectivity index (χ0) is 23.1. The van der Waals surface area contributed by atoms with Gasteiger partial charge in [0, 0.05) is 32.7 Å². The lowest BCUT2D eigenvalue weighted by Crippen LogP contribution is -2.50. The van der Waals surface area contributed by atoms with Crippen molar-refractivity contribution in [1.82, 2.24) is 19.8 Å². The first-order valence-corrected chi connectivity index (χ1v) is 12.5. The van der Waals surface area contributed by atoms with Gasteiger partial charge < -0.3 is 15.0 Å². The predicted molar refractivity (Wildman–Crippen MR) is 132 cm³/mol. The van der Waals surface area contributed by atoms with Gasteiger partial charge in [0.1, 0.15) is 11.8 Å². The van der Waals surface area contributed by atoms with Crippen LogP contribution in [0.2, 0.25) is 0 Å². The molecule has 2 fully saturated rings. The zero-order valence-electron chi connectivity index (χ0n) is 19.8. The topological polar surface area (TPSA) is 68.8 Å². The fourth-order valence-corrected chi connectivity index (χ4v) is 6.01. The first kappa shape index (κ1) is 21.6. The van der Waals surface area contributed by atoms with Crippen LogP contribution in [0.3, 0.4) is 0 Å². The van der Waals surface area contributed by atoms with Crippen molar-refractivity contribution in [2.24, 2.45) is 0 Å². The van der Waals surface area contributed by atoms with E-state index in [1.807, 2.05) is 12.1 Å². The maximum absolute atomic E-state index is 9.41. The fourth-order valence-electron chi connectivity index (χ4n) is 6.01. The number of nitrogens with one attached hydrogen (secondary N) is 1. The maximum atomic E-state index is 9.41. The van der Waals surface area contributed by atoms with Crippen LogP contribution in [0.4, 0.5) is 5.69 Å². The Hall–Kier alpha value is -2.92. The molecule has 3 aliphatic rings. The summed E-state index contributed by atoms with van der Waals surface area (Å²) < 4.78 is 8.13. The molecule has 7 nitrogen and oxygen atoms in total. The monoisotopic (exact) mass is 456 g/mol. The van der Waals surface area contributed by atoms with Crippen LogP contribution in [0.1, 0.15) is 48.1 Å². The molecule has 2 atom stereocenters. The highest BCUT2D eigenvalue weighted by Gasteiger charge is 2.30. The van der Waals surface area contributed by atoms with Crippen molar-refractivity contribution in [3.8, 4) is 6.07 Å². The molecule has 3 aromatic rings. The van der Waals surface area contributed by atoms with E-state index in [1.165, 1.54) is 29.5 Å². The summed E-state index contributed by atoms with van der Waals surface area (Å²) in [6, 6.07) is 15.3. The van der Waals surface area contributed by atoms with Gasteiger partial charge in [-0.2, -0.15) is 10.4 Å². The normalized spacial score (nSPS) is 23.8. The molecule has 1 aromatic carbocycles. The second-order valence-electron chi connectivity index (χ2n) is 10.0. The van der Waals surface area contributed by atoms with Gasteiger partial charge in [-0.1, -0.05) is 18.2 Å². The molecule has 0 spiro atoms. The number of piperidine rings is 1. The van der Waals surface area contributed by atoms with Crippen LogP contribution in [0.5, 0.6) is 0 Å². The van der Waals surface area contributed by atoms with Crippen LogP contribution in [0.25, 0.3) is 5.52 Å². The quantitative estimate of drug-likeness (QED) is 0.650. The number of aromatic nitrogens is 2. The molecule has 7 heteroatoms. The Labute approximate surface area is 200 Å². The van der Waals surface area contributed by atoms with Gasteiger partial charge in [-0.3, -0.25) is 4.90 Å². The third-order valence-electron chi connectivity index (χ3n) is 7.60. The SMILES string of the molecule is C[C@@H]1CN(c2ccc(C#N)n3nccc23)C[C@H](CN2Cc3ccc(C4CCNCC4)cc3C2)O1. The van der Waals surface area contributed by atoms with Crippen LogP contribution in [-0.4, -0.2) is 59.4 Å². The third-order valence-corrected chi connectivity index (χ3v) is 7.60. The van der Waals surface area contributed by atoms with E-state index in [-0.39, 0.29) is 12.2 Å². The number of fused-ring (bicyclic) bond motifs is 2. The Morgan fingerprint density at radius 2 is 1.94 bits per heavy atom. The smallest absolute Gasteiger partial charge is 0.142 e. The molecule has 0 amide bonds. The average molecular weight is 457 g/mol. The molecule has 1 N–H and O–H groups in total. The summed E-state index contributed by atoms with van der Waals surface area (Å²) in [4.78, 5) is 4.93. The minimum absolute atomic E-state index is 0.139. The minimum atomic E-state index is 0.139. The fraction of sp³-hybridized carbons (Fsp3) is 0.481. The number of pyridine rings is 1. The summed E-state index contributed by atoms with van der Waals surface area (Å²) in [5.41, 5.74) is 7.12. The van der Waals surface area contributed by atoms with Crippen LogP contribution in [0, 0.1) is 11.3 Å². The number of morpholine rings is 1.